The highest BCUT2D eigenvalue weighted by atomic mass is 35.5. The van der Waals surface area contributed by atoms with Gasteiger partial charge in [0.05, 0.1) is 5.02 Å². The number of hydrogen-bond acceptors (Lipinski definition) is 2. The lowest BCUT2D eigenvalue weighted by Crippen LogP contribution is -1.79. The first-order valence-electron chi connectivity index (χ1n) is 2.99. The van der Waals surface area contributed by atoms with Crippen molar-refractivity contribution in [2.45, 2.75) is 12.8 Å². The second-order valence-corrected chi connectivity index (χ2v) is 3.37. The lowest BCUT2D eigenvalue weighted by atomic mass is 10.3. The zero-order chi connectivity index (χ0) is 7.40. The topological polar surface area (TPSA) is 17.1 Å². The van der Waals surface area contributed by atoms with Crippen molar-refractivity contribution in [2.75, 3.05) is 0 Å². The molecule has 0 aliphatic heterocycles. The SMILES string of the molecule is O=CCCc1cc(Cl)cs1. The Kier molecular flexibility index (Phi) is 2.90. The molecule has 3 heteroatoms. The highest BCUT2D eigenvalue weighted by Crippen LogP contribution is 2.19. The standard InChI is InChI=1S/C7H7ClOS/c8-6-4-7(10-5-6)2-1-3-9/h3-5H,1-2H2. The van der Waals surface area contributed by atoms with E-state index < -0.39 is 0 Å². The maximum absolute atomic E-state index is 9.96. The van der Waals surface area contributed by atoms with Gasteiger partial charge in [-0.2, -0.15) is 0 Å². The number of rotatable bonds is 3. The summed E-state index contributed by atoms with van der Waals surface area (Å²) in [5.74, 6) is 0. The minimum atomic E-state index is 0.594. The summed E-state index contributed by atoms with van der Waals surface area (Å²) in [7, 11) is 0. The Morgan fingerprint density at radius 1 is 1.70 bits per heavy atom. The molecule has 0 amide bonds. The van der Waals surface area contributed by atoms with Crippen molar-refractivity contribution in [3.8, 4) is 0 Å². The van der Waals surface area contributed by atoms with Crippen molar-refractivity contribution in [2.24, 2.45) is 0 Å². The third-order valence-corrected chi connectivity index (χ3v) is 2.47. The Morgan fingerprint density at radius 2 is 2.50 bits per heavy atom. The molecule has 0 aromatic carbocycles. The molecule has 0 aliphatic rings. The highest BCUT2D eigenvalue weighted by molar-refractivity contribution is 7.10. The zero-order valence-corrected chi connectivity index (χ0v) is 6.91. The Labute approximate surface area is 68.6 Å². The van der Waals surface area contributed by atoms with Gasteiger partial charge in [-0.15, -0.1) is 11.3 Å². The first kappa shape index (κ1) is 7.76. The van der Waals surface area contributed by atoms with Gasteiger partial charge in [0.25, 0.3) is 0 Å². The summed E-state index contributed by atoms with van der Waals surface area (Å²) in [6.45, 7) is 0. The smallest absolute Gasteiger partial charge is 0.120 e. The van der Waals surface area contributed by atoms with Gasteiger partial charge in [-0.25, -0.2) is 0 Å². The highest BCUT2D eigenvalue weighted by Gasteiger charge is 1.95. The normalized spacial score (nSPS) is 9.70. The van der Waals surface area contributed by atoms with E-state index in [2.05, 4.69) is 0 Å². The van der Waals surface area contributed by atoms with E-state index in [9.17, 15) is 4.79 Å². The minimum absolute atomic E-state index is 0.594. The third kappa shape index (κ3) is 2.12. The van der Waals surface area contributed by atoms with Crippen LogP contribution in [0.15, 0.2) is 11.4 Å². The van der Waals surface area contributed by atoms with Crippen LogP contribution in [0.3, 0.4) is 0 Å². The first-order chi connectivity index (χ1) is 4.83. The number of carbonyl (C=O) groups is 1. The number of hydrogen-bond donors (Lipinski definition) is 0. The number of aldehydes is 1. The molecule has 0 bridgehead atoms. The van der Waals surface area contributed by atoms with Crippen molar-refractivity contribution in [1.82, 2.24) is 0 Å². The molecule has 1 nitrogen and oxygen atoms in total. The van der Waals surface area contributed by atoms with Crippen LogP contribution >= 0.6 is 22.9 Å². The third-order valence-electron chi connectivity index (χ3n) is 1.13. The molecule has 0 fully saturated rings. The average molecular weight is 175 g/mol. The van der Waals surface area contributed by atoms with Crippen LogP contribution in [-0.4, -0.2) is 6.29 Å². The summed E-state index contributed by atoms with van der Waals surface area (Å²) in [5.41, 5.74) is 0. The molecular weight excluding hydrogens is 168 g/mol. The molecule has 1 rings (SSSR count). The van der Waals surface area contributed by atoms with Crippen LogP contribution in [0.25, 0.3) is 0 Å². The van der Waals surface area contributed by atoms with Crippen molar-refractivity contribution in [1.29, 1.82) is 0 Å². The summed E-state index contributed by atoms with van der Waals surface area (Å²) in [4.78, 5) is 11.1. The average Bonchev–Trinajstić information content (AvgIpc) is 2.31. The predicted molar refractivity (Wildman–Crippen MR) is 43.7 cm³/mol. The van der Waals surface area contributed by atoms with Gasteiger partial charge in [-0.1, -0.05) is 11.6 Å². The predicted octanol–water partition coefficient (Wildman–Crippen LogP) is 2.53. The molecule has 1 aromatic heterocycles. The maximum Gasteiger partial charge on any atom is 0.120 e. The lowest BCUT2D eigenvalue weighted by molar-refractivity contribution is -0.107. The van der Waals surface area contributed by atoms with Crippen molar-refractivity contribution in [3.05, 3.63) is 21.3 Å². The summed E-state index contributed by atoms with van der Waals surface area (Å²) < 4.78 is 0. The molecule has 0 saturated carbocycles. The van der Waals surface area contributed by atoms with Crippen LogP contribution in [0.4, 0.5) is 0 Å². The van der Waals surface area contributed by atoms with Gasteiger partial charge in [0, 0.05) is 16.7 Å². The Balaban J connectivity index is 2.49. The van der Waals surface area contributed by atoms with E-state index in [1.807, 2.05) is 11.4 Å². The van der Waals surface area contributed by atoms with E-state index in [1.165, 1.54) is 4.88 Å². The van der Waals surface area contributed by atoms with E-state index in [0.29, 0.717) is 6.42 Å². The molecule has 0 radical (unpaired) electrons. The lowest BCUT2D eigenvalue weighted by Gasteiger charge is -1.85. The molecule has 1 heterocycles. The van der Waals surface area contributed by atoms with E-state index in [4.69, 9.17) is 11.6 Å². The zero-order valence-electron chi connectivity index (χ0n) is 5.34. The van der Waals surface area contributed by atoms with Crippen LogP contribution in [0.5, 0.6) is 0 Å². The van der Waals surface area contributed by atoms with Crippen LogP contribution < -0.4 is 0 Å². The van der Waals surface area contributed by atoms with Crippen LogP contribution in [-0.2, 0) is 11.2 Å². The Morgan fingerprint density at radius 3 is 3.00 bits per heavy atom. The van der Waals surface area contributed by atoms with Crippen molar-refractivity contribution >= 4 is 29.2 Å². The molecular formula is C7H7ClOS. The fourth-order valence-corrected chi connectivity index (χ4v) is 1.78. The number of halogens is 1. The molecule has 1 aromatic rings. The van der Waals surface area contributed by atoms with E-state index in [0.717, 1.165) is 17.7 Å². The number of thiophene rings is 1. The summed E-state index contributed by atoms with van der Waals surface area (Å²) in [5, 5.41) is 2.65. The first-order valence-corrected chi connectivity index (χ1v) is 4.25. The van der Waals surface area contributed by atoms with Crippen molar-refractivity contribution in [3.63, 3.8) is 0 Å². The minimum Gasteiger partial charge on any atom is -0.303 e. The van der Waals surface area contributed by atoms with Gasteiger partial charge >= 0.3 is 0 Å². The van der Waals surface area contributed by atoms with Gasteiger partial charge in [0.2, 0.25) is 0 Å². The second kappa shape index (κ2) is 3.74. The summed E-state index contributed by atoms with van der Waals surface area (Å²) >= 11 is 7.26. The Hall–Kier alpha value is -0.340. The molecule has 10 heavy (non-hydrogen) atoms. The molecule has 0 atom stereocenters. The van der Waals surface area contributed by atoms with Gasteiger partial charge in [0.15, 0.2) is 0 Å². The molecule has 54 valence electrons. The van der Waals surface area contributed by atoms with Gasteiger partial charge < -0.3 is 4.79 Å². The van der Waals surface area contributed by atoms with E-state index >= 15 is 0 Å². The molecule has 0 aliphatic carbocycles. The molecule has 0 spiro atoms. The number of aryl methyl sites for hydroxylation is 1. The van der Waals surface area contributed by atoms with E-state index in [1.54, 1.807) is 11.3 Å². The molecule has 0 N–H and O–H groups in total. The summed E-state index contributed by atoms with van der Waals surface area (Å²) in [6.07, 6.45) is 2.34. The molecule has 0 saturated heterocycles. The van der Waals surface area contributed by atoms with Crippen LogP contribution in [0.1, 0.15) is 11.3 Å². The van der Waals surface area contributed by atoms with Gasteiger partial charge in [0.1, 0.15) is 6.29 Å². The van der Waals surface area contributed by atoms with E-state index in [-0.39, 0.29) is 0 Å². The van der Waals surface area contributed by atoms with Gasteiger partial charge in [-0.3, -0.25) is 0 Å². The quantitative estimate of drug-likeness (QED) is 0.644. The number of carbonyl (C=O) groups excluding carboxylic acids is 1. The molecule has 0 unspecified atom stereocenters. The van der Waals surface area contributed by atoms with Crippen LogP contribution in [0, 0.1) is 0 Å². The van der Waals surface area contributed by atoms with Gasteiger partial charge in [-0.05, 0) is 12.5 Å². The van der Waals surface area contributed by atoms with Crippen molar-refractivity contribution < 1.29 is 4.79 Å². The monoisotopic (exact) mass is 174 g/mol. The fraction of sp³-hybridized carbons (Fsp3) is 0.286. The fourth-order valence-electron chi connectivity index (χ4n) is 0.686. The van der Waals surface area contributed by atoms with Crippen LogP contribution in [0.2, 0.25) is 5.02 Å². The maximum atomic E-state index is 9.96. The summed E-state index contributed by atoms with van der Waals surface area (Å²) in [6, 6.07) is 1.90. The largest absolute Gasteiger partial charge is 0.303 e. The Bertz CT molecular complexity index is 219. The second-order valence-electron chi connectivity index (χ2n) is 1.94.